The standard InChI is InChI=1S/C13H10ClN3O2/c14-12-2-1-11(18)7-10(12)8-16-17-13(19)9-3-5-15-6-4-9/h1-8,18H,(H,17,19)/b16-8+. The highest BCUT2D eigenvalue weighted by molar-refractivity contribution is 6.33. The molecule has 1 aromatic heterocycles. The number of aromatic nitrogens is 1. The molecule has 96 valence electrons. The van der Waals surface area contributed by atoms with Gasteiger partial charge in [0.05, 0.1) is 6.21 Å². The Kier molecular flexibility index (Phi) is 4.10. The van der Waals surface area contributed by atoms with Crippen LogP contribution in [0.4, 0.5) is 0 Å². The third kappa shape index (κ3) is 3.53. The molecule has 2 aromatic rings. The molecule has 2 N–H and O–H groups in total. The van der Waals surface area contributed by atoms with Gasteiger partial charge in [-0.3, -0.25) is 9.78 Å². The molecular weight excluding hydrogens is 266 g/mol. The van der Waals surface area contributed by atoms with Crippen LogP contribution in [0.15, 0.2) is 47.8 Å². The predicted molar refractivity (Wildman–Crippen MR) is 72.4 cm³/mol. The van der Waals surface area contributed by atoms with Crippen LogP contribution in [0.1, 0.15) is 15.9 Å². The molecule has 1 aromatic carbocycles. The average Bonchev–Trinajstić information content (AvgIpc) is 2.43. The molecule has 0 unspecified atom stereocenters. The summed E-state index contributed by atoms with van der Waals surface area (Å²) in [6.45, 7) is 0. The summed E-state index contributed by atoms with van der Waals surface area (Å²) in [5.74, 6) is -0.277. The molecule has 6 heteroatoms. The lowest BCUT2D eigenvalue weighted by molar-refractivity contribution is 0.0955. The summed E-state index contributed by atoms with van der Waals surface area (Å²) in [5, 5.41) is 13.5. The van der Waals surface area contributed by atoms with E-state index in [9.17, 15) is 9.90 Å². The summed E-state index contributed by atoms with van der Waals surface area (Å²) >= 11 is 5.91. The first-order chi connectivity index (χ1) is 9.16. The number of nitrogens with one attached hydrogen (secondary N) is 1. The lowest BCUT2D eigenvalue weighted by Gasteiger charge is -2.00. The zero-order chi connectivity index (χ0) is 13.7. The molecule has 0 atom stereocenters. The van der Waals surface area contributed by atoms with Gasteiger partial charge in [-0.1, -0.05) is 11.6 Å². The summed E-state index contributed by atoms with van der Waals surface area (Å²) in [6, 6.07) is 7.61. The second-order valence-electron chi connectivity index (χ2n) is 3.64. The Morgan fingerprint density at radius 1 is 1.32 bits per heavy atom. The van der Waals surface area contributed by atoms with Crippen molar-refractivity contribution >= 4 is 23.7 Å². The molecular formula is C13H10ClN3O2. The Bertz CT molecular complexity index is 615. The molecule has 0 fully saturated rings. The topological polar surface area (TPSA) is 74.6 Å². The lowest BCUT2D eigenvalue weighted by atomic mass is 10.2. The van der Waals surface area contributed by atoms with Crippen molar-refractivity contribution in [2.75, 3.05) is 0 Å². The highest BCUT2D eigenvalue weighted by atomic mass is 35.5. The summed E-state index contributed by atoms with van der Waals surface area (Å²) in [7, 11) is 0. The molecule has 1 heterocycles. The van der Waals surface area contributed by atoms with E-state index in [4.69, 9.17) is 11.6 Å². The van der Waals surface area contributed by atoms with Gasteiger partial charge in [0.15, 0.2) is 0 Å². The van der Waals surface area contributed by atoms with E-state index in [1.54, 1.807) is 18.2 Å². The number of rotatable bonds is 3. The van der Waals surface area contributed by atoms with Crippen LogP contribution < -0.4 is 5.43 Å². The van der Waals surface area contributed by atoms with Crippen LogP contribution in [-0.4, -0.2) is 22.2 Å². The van der Waals surface area contributed by atoms with Crippen molar-refractivity contribution < 1.29 is 9.90 Å². The van der Waals surface area contributed by atoms with E-state index in [-0.39, 0.29) is 11.7 Å². The molecule has 0 saturated heterocycles. The number of halogens is 1. The summed E-state index contributed by atoms with van der Waals surface area (Å²) < 4.78 is 0. The number of hydrazone groups is 1. The highest BCUT2D eigenvalue weighted by Crippen LogP contribution is 2.19. The monoisotopic (exact) mass is 275 g/mol. The number of carbonyl (C=O) groups is 1. The fourth-order valence-corrected chi connectivity index (χ4v) is 1.52. The van der Waals surface area contributed by atoms with Crippen LogP contribution in [-0.2, 0) is 0 Å². The molecule has 0 saturated carbocycles. The number of benzene rings is 1. The van der Waals surface area contributed by atoms with Gasteiger partial charge < -0.3 is 5.11 Å². The first-order valence-corrected chi connectivity index (χ1v) is 5.76. The fourth-order valence-electron chi connectivity index (χ4n) is 1.36. The molecule has 0 radical (unpaired) electrons. The first-order valence-electron chi connectivity index (χ1n) is 5.39. The van der Waals surface area contributed by atoms with Crippen LogP contribution >= 0.6 is 11.6 Å². The number of aromatic hydroxyl groups is 1. The van der Waals surface area contributed by atoms with Crippen molar-refractivity contribution in [3.63, 3.8) is 0 Å². The zero-order valence-electron chi connectivity index (χ0n) is 9.75. The van der Waals surface area contributed by atoms with Crippen LogP contribution in [0.5, 0.6) is 5.75 Å². The Labute approximate surface area is 114 Å². The van der Waals surface area contributed by atoms with Crippen molar-refractivity contribution in [2.45, 2.75) is 0 Å². The summed E-state index contributed by atoms with van der Waals surface area (Å²) in [5.41, 5.74) is 3.32. The van der Waals surface area contributed by atoms with E-state index in [0.717, 1.165) is 0 Å². The Morgan fingerprint density at radius 2 is 2.05 bits per heavy atom. The molecule has 2 rings (SSSR count). The van der Waals surface area contributed by atoms with Crippen molar-refractivity contribution in [3.05, 3.63) is 58.9 Å². The minimum atomic E-state index is -0.352. The third-order valence-corrected chi connectivity index (χ3v) is 2.64. The Hall–Kier alpha value is -2.40. The van der Waals surface area contributed by atoms with Gasteiger partial charge in [0.2, 0.25) is 0 Å². The van der Waals surface area contributed by atoms with Gasteiger partial charge in [-0.15, -0.1) is 0 Å². The minimum absolute atomic E-state index is 0.0753. The van der Waals surface area contributed by atoms with Gasteiger partial charge in [-0.25, -0.2) is 5.43 Å². The molecule has 0 bridgehead atoms. The highest BCUT2D eigenvalue weighted by Gasteiger charge is 2.03. The van der Waals surface area contributed by atoms with Crippen molar-refractivity contribution in [1.29, 1.82) is 0 Å². The van der Waals surface area contributed by atoms with E-state index in [1.807, 2.05) is 0 Å². The van der Waals surface area contributed by atoms with E-state index in [1.165, 1.54) is 30.7 Å². The molecule has 0 aliphatic rings. The van der Waals surface area contributed by atoms with Crippen molar-refractivity contribution in [2.24, 2.45) is 5.10 Å². The number of hydrogen-bond donors (Lipinski definition) is 2. The maximum absolute atomic E-state index is 11.7. The number of hydrogen-bond acceptors (Lipinski definition) is 4. The van der Waals surface area contributed by atoms with Gasteiger partial charge in [-0.2, -0.15) is 5.10 Å². The smallest absolute Gasteiger partial charge is 0.271 e. The molecule has 19 heavy (non-hydrogen) atoms. The largest absolute Gasteiger partial charge is 0.508 e. The summed E-state index contributed by atoms with van der Waals surface area (Å²) in [4.78, 5) is 15.5. The molecule has 0 spiro atoms. The van der Waals surface area contributed by atoms with Gasteiger partial charge >= 0.3 is 0 Å². The molecule has 5 nitrogen and oxygen atoms in total. The molecule has 0 aliphatic carbocycles. The first kappa shape index (κ1) is 13.0. The normalized spacial score (nSPS) is 10.6. The van der Waals surface area contributed by atoms with E-state index >= 15 is 0 Å². The third-order valence-electron chi connectivity index (χ3n) is 2.29. The number of nitrogens with zero attached hydrogens (tertiary/aromatic N) is 2. The van der Waals surface area contributed by atoms with Gasteiger partial charge in [0.1, 0.15) is 5.75 Å². The number of pyridine rings is 1. The number of phenols is 1. The second-order valence-corrected chi connectivity index (χ2v) is 4.05. The number of carbonyl (C=O) groups excluding carboxylic acids is 1. The molecule has 1 amide bonds. The maximum Gasteiger partial charge on any atom is 0.271 e. The Balaban J connectivity index is 2.04. The Morgan fingerprint density at radius 3 is 2.79 bits per heavy atom. The van der Waals surface area contributed by atoms with Crippen LogP contribution in [0.3, 0.4) is 0 Å². The number of phenolic OH excluding ortho intramolecular Hbond substituents is 1. The van der Waals surface area contributed by atoms with Crippen LogP contribution in [0.2, 0.25) is 5.02 Å². The lowest BCUT2D eigenvalue weighted by Crippen LogP contribution is -2.17. The zero-order valence-corrected chi connectivity index (χ0v) is 10.5. The van der Waals surface area contributed by atoms with Crippen LogP contribution in [0.25, 0.3) is 0 Å². The van der Waals surface area contributed by atoms with Gasteiger partial charge in [0, 0.05) is 28.5 Å². The van der Waals surface area contributed by atoms with E-state index in [2.05, 4.69) is 15.5 Å². The fraction of sp³-hybridized carbons (Fsp3) is 0. The minimum Gasteiger partial charge on any atom is -0.508 e. The average molecular weight is 276 g/mol. The van der Waals surface area contributed by atoms with E-state index in [0.29, 0.717) is 16.1 Å². The quantitative estimate of drug-likeness (QED) is 0.666. The van der Waals surface area contributed by atoms with E-state index < -0.39 is 0 Å². The molecule has 0 aliphatic heterocycles. The number of amides is 1. The predicted octanol–water partition coefficient (Wildman–Crippen LogP) is 2.20. The van der Waals surface area contributed by atoms with Crippen molar-refractivity contribution in [3.8, 4) is 5.75 Å². The van der Waals surface area contributed by atoms with Gasteiger partial charge in [0.25, 0.3) is 5.91 Å². The van der Waals surface area contributed by atoms with Gasteiger partial charge in [-0.05, 0) is 30.3 Å². The second kappa shape index (κ2) is 5.97. The SMILES string of the molecule is O=C(N/N=C/c1cc(O)ccc1Cl)c1ccncc1. The summed E-state index contributed by atoms with van der Waals surface area (Å²) in [6.07, 6.45) is 4.40. The van der Waals surface area contributed by atoms with Crippen LogP contribution in [0, 0.1) is 0 Å². The maximum atomic E-state index is 11.7. The van der Waals surface area contributed by atoms with Crippen molar-refractivity contribution in [1.82, 2.24) is 10.4 Å².